The Kier molecular flexibility index (Phi) is 3.49. The Labute approximate surface area is 121 Å². The molecule has 0 amide bonds. The molecule has 0 spiro atoms. The molecule has 0 bridgehead atoms. The number of hydrogen-bond acceptors (Lipinski definition) is 8. The van der Waals surface area contributed by atoms with Gasteiger partial charge in [0.05, 0.1) is 19.0 Å². The summed E-state index contributed by atoms with van der Waals surface area (Å²) in [7, 11) is 3.73. The molecule has 4 N–H and O–H groups in total. The Balaban J connectivity index is 2.04. The lowest BCUT2D eigenvalue weighted by molar-refractivity contribution is -0.0437. The molecule has 1 aliphatic rings. The van der Waals surface area contributed by atoms with Crippen LogP contribution in [0.3, 0.4) is 0 Å². The Hall–Kier alpha value is -1.81. The molecule has 114 valence electrons. The van der Waals surface area contributed by atoms with E-state index in [1.165, 1.54) is 6.33 Å². The van der Waals surface area contributed by atoms with Gasteiger partial charge in [0, 0.05) is 14.1 Å². The van der Waals surface area contributed by atoms with Gasteiger partial charge in [-0.2, -0.15) is 0 Å². The topological polar surface area (TPSA) is 123 Å². The number of aromatic nitrogens is 4. The number of nitrogens with zero attached hydrogens (tertiary/aromatic N) is 5. The smallest absolute Gasteiger partial charge is 0.167 e. The second-order valence-corrected chi connectivity index (χ2v) is 5.23. The van der Waals surface area contributed by atoms with Gasteiger partial charge in [-0.15, -0.1) is 0 Å². The molecule has 9 nitrogen and oxygen atoms in total. The minimum Gasteiger partial charge on any atom is -0.394 e. The predicted octanol–water partition coefficient (Wildman–Crippen LogP) is -1.53. The number of aliphatic hydroxyl groups excluding tert-OH is 2. The maximum absolute atomic E-state index is 9.96. The van der Waals surface area contributed by atoms with Crippen LogP contribution in [0.1, 0.15) is 6.23 Å². The maximum Gasteiger partial charge on any atom is 0.167 e. The van der Waals surface area contributed by atoms with Crippen molar-refractivity contribution in [1.29, 1.82) is 0 Å². The number of nitrogens with two attached hydrogens (primary N) is 1. The van der Waals surface area contributed by atoms with Crippen LogP contribution < -0.4 is 10.6 Å². The summed E-state index contributed by atoms with van der Waals surface area (Å²) < 4.78 is 7.27. The molecule has 1 aliphatic heterocycles. The van der Waals surface area contributed by atoms with Crippen molar-refractivity contribution in [1.82, 2.24) is 19.5 Å². The van der Waals surface area contributed by atoms with Gasteiger partial charge < -0.3 is 25.6 Å². The van der Waals surface area contributed by atoms with E-state index in [9.17, 15) is 10.2 Å². The van der Waals surface area contributed by atoms with Crippen molar-refractivity contribution >= 4 is 17.0 Å². The minimum atomic E-state index is -0.937. The van der Waals surface area contributed by atoms with Crippen molar-refractivity contribution < 1.29 is 14.9 Å². The molecule has 3 rings (SSSR count). The van der Waals surface area contributed by atoms with E-state index in [1.807, 2.05) is 19.0 Å². The zero-order chi connectivity index (χ0) is 15.1. The maximum atomic E-state index is 9.96. The average molecular weight is 294 g/mol. The van der Waals surface area contributed by atoms with Crippen LogP contribution in [0.2, 0.25) is 0 Å². The lowest BCUT2D eigenvalue weighted by Crippen LogP contribution is -2.39. The molecule has 1 fully saturated rings. The number of aliphatic hydroxyl groups is 2. The highest BCUT2D eigenvalue weighted by Gasteiger charge is 2.42. The van der Waals surface area contributed by atoms with E-state index in [0.717, 1.165) is 0 Å². The fourth-order valence-corrected chi connectivity index (χ4v) is 2.52. The Morgan fingerprint density at radius 2 is 2.14 bits per heavy atom. The highest BCUT2D eigenvalue weighted by atomic mass is 16.5. The van der Waals surface area contributed by atoms with Gasteiger partial charge in [0.2, 0.25) is 0 Å². The third-order valence-corrected chi connectivity index (χ3v) is 3.64. The number of imidazole rings is 1. The molecule has 0 aliphatic carbocycles. The molecule has 0 unspecified atom stereocenters. The summed E-state index contributed by atoms with van der Waals surface area (Å²) in [6, 6.07) is -0.669. The second kappa shape index (κ2) is 5.19. The zero-order valence-corrected chi connectivity index (χ0v) is 11.8. The highest BCUT2D eigenvalue weighted by Crippen LogP contribution is 2.31. The van der Waals surface area contributed by atoms with Crippen LogP contribution in [0.4, 0.5) is 5.82 Å². The van der Waals surface area contributed by atoms with Crippen molar-refractivity contribution in [3.05, 3.63) is 12.7 Å². The number of hydrogen-bond donors (Lipinski definition) is 3. The molecule has 3 heterocycles. The molecule has 0 aromatic carbocycles. The monoisotopic (exact) mass is 294 g/mol. The van der Waals surface area contributed by atoms with E-state index in [1.54, 1.807) is 10.9 Å². The molecular weight excluding hydrogens is 276 g/mol. The van der Waals surface area contributed by atoms with Crippen molar-refractivity contribution in [2.75, 3.05) is 25.6 Å². The summed E-state index contributed by atoms with van der Waals surface area (Å²) in [5, 5.41) is 19.2. The van der Waals surface area contributed by atoms with Gasteiger partial charge in [-0.25, -0.2) is 15.0 Å². The van der Waals surface area contributed by atoms with Crippen molar-refractivity contribution in [3.63, 3.8) is 0 Å². The van der Waals surface area contributed by atoms with Crippen LogP contribution >= 0.6 is 0 Å². The molecule has 2 aromatic heterocycles. The van der Waals surface area contributed by atoms with Crippen molar-refractivity contribution in [2.45, 2.75) is 24.5 Å². The number of rotatable bonds is 3. The van der Waals surface area contributed by atoms with Gasteiger partial charge in [0.1, 0.15) is 18.5 Å². The quantitative estimate of drug-likeness (QED) is 0.623. The zero-order valence-electron chi connectivity index (χ0n) is 11.8. The first-order chi connectivity index (χ1) is 10.0. The summed E-state index contributed by atoms with van der Waals surface area (Å²) in [6.45, 7) is -0.296. The predicted molar refractivity (Wildman–Crippen MR) is 74.6 cm³/mol. The second-order valence-electron chi connectivity index (χ2n) is 5.23. The van der Waals surface area contributed by atoms with Gasteiger partial charge in [-0.3, -0.25) is 4.57 Å². The van der Waals surface area contributed by atoms with Crippen LogP contribution in [0, 0.1) is 0 Å². The number of fused-ring (bicyclic) bond motifs is 1. The van der Waals surface area contributed by atoms with Crippen LogP contribution in [-0.4, -0.2) is 68.7 Å². The van der Waals surface area contributed by atoms with Crippen molar-refractivity contribution in [2.24, 2.45) is 5.73 Å². The van der Waals surface area contributed by atoms with Gasteiger partial charge in [-0.1, -0.05) is 0 Å². The average Bonchev–Trinajstić information content (AvgIpc) is 3.01. The summed E-state index contributed by atoms with van der Waals surface area (Å²) in [4.78, 5) is 14.6. The highest BCUT2D eigenvalue weighted by molar-refractivity contribution is 5.83. The number of ether oxygens (including phenoxy) is 1. The SMILES string of the molecule is CN(C)c1ncnc2c1ncn2[C@@H]1O[C@H](CO)[C@@H](O)[C@H]1N. The van der Waals surface area contributed by atoms with E-state index in [-0.39, 0.29) is 6.61 Å². The first-order valence-electron chi connectivity index (χ1n) is 6.59. The largest absolute Gasteiger partial charge is 0.394 e. The first kappa shape index (κ1) is 14.1. The van der Waals surface area contributed by atoms with Gasteiger partial charge in [-0.05, 0) is 0 Å². The Bertz CT molecular complexity index is 645. The normalized spacial score (nSPS) is 29.2. The summed E-state index contributed by atoms with van der Waals surface area (Å²) in [6.07, 6.45) is 0.719. The Morgan fingerprint density at radius 1 is 1.38 bits per heavy atom. The standard InChI is InChI=1S/C12H18N6O3/c1-17(2)10-8-11(15-4-14-10)18(5-16-8)12-7(13)9(20)6(3-19)21-12/h4-7,9,12,19-20H,3,13H2,1-2H3/t6-,7-,9-,12-/m1/s1. The number of anilines is 1. The molecule has 9 heteroatoms. The molecule has 2 aromatic rings. The van der Waals surface area contributed by atoms with Gasteiger partial charge in [0.25, 0.3) is 0 Å². The minimum absolute atomic E-state index is 0.296. The molecule has 1 saturated heterocycles. The van der Waals surface area contributed by atoms with Crippen LogP contribution in [-0.2, 0) is 4.74 Å². The third kappa shape index (κ3) is 2.14. The summed E-state index contributed by atoms with van der Waals surface area (Å²) in [5.74, 6) is 0.685. The molecule has 21 heavy (non-hydrogen) atoms. The summed E-state index contributed by atoms with van der Waals surface area (Å²) in [5.41, 5.74) is 7.17. The fraction of sp³-hybridized carbons (Fsp3) is 0.583. The first-order valence-corrected chi connectivity index (χ1v) is 6.59. The Morgan fingerprint density at radius 3 is 2.76 bits per heavy atom. The fourth-order valence-electron chi connectivity index (χ4n) is 2.52. The van der Waals surface area contributed by atoms with E-state index < -0.39 is 24.5 Å². The van der Waals surface area contributed by atoms with E-state index in [0.29, 0.717) is 17.0 Å². The molecule has 0 saturated carbocycles. The van der Waals surface area contributed by atoms with Crippen LogP contribution in [0.15, 0.2) is 12.7 Å². The summed E-state index contributed by atoms with van der Waals surface area (Å²) >= 11 is 0. The van der Waals surface area contributed by atoms with Crippen LogP contribution in [0.5, 0.6) is 0 Å². The lowest BCUT2D eigenvalue weighted by Gasteiger charge is -2.17. The lowest BCUT2D eigenvalue weighted by atomic mass is 10.1. The van der Waals surface area contributed by atoms with Crippen molar-refractivity contribution in [3.8, 4) is 0 Å². The van der Waals surface area contributed by atoms with E-state index in [2.05, 4.69) is 15.0 Å². The van der Waals surface area contributed by atoms with Crippen LogP contribution in [0.25, 0.3) is 11.2 Å². The molecular formula is C12H18N6O3. The molecule has 0 radical (unpaired) electrons. The third-order valence-electron chi connectivity index (χ3n) is 3.64. The molecule has 4 atom stereocenters. The van der Waals surface area contributed by atoms with E-state index in [4.69, 9.17) is 10.5 Å². The van der Waals surface area contributed by atoms with Gasteiger partial charge in [0.15, 0.2) is 23.2 Å². The van der Waals surface area contributed by atoms with E-state index >= 15 is 0 Å². The van der Waals surface area contributed by atoms with Gasteiger partial charge >= 0.3 is 0 Å².